The SMILES string of the molecule is COc1ccc(C)cc1-n1c(=O)c2ccccc2n2c(SC(C)C(=O)c3ccccc3)nnc12. The van der Waals surface area contributed by atoms with Crippen LogP contribution in [-0.4, -0.2) is 37.3 Å². The number of ketones is 1. The Balaban J connectivity index is 1.72. The zero-order valence-electron chi connectivity index (χ0n) is 18.9. The molecule has 2 heterocycles. The zero-order chi connectivity index (χ0) is 23.8. The molecule has 170 valence electrons. The fraction of sp³-hybridized carbons (Fsp3) is 0.154. The van der Waals surface area contributed by atoms with Gasteiger partial charge in [-0.1, -0.05) is 60.3 Å². The van der Waals surface area contributed by atoms with Gasteiger partial charge in [0.25, 0.3) is 5.56 Å². The second kappa shape index (κ2) is 8.79. The van der Waals surface area contributed by atoms with Gasteiger partial charge in [0.15, 0.2) is 10.9 Å². The van der Waals surface area contributed by atoms with Crippen molar-refractivity contribution in [2.24, 2.45) is 0 Å². The number of Topliss-reactive ketones (excluding diaryl/α,β-unsaturated/α-hetero) is 1. The van der Waals surface area contributed by atoms with Gasteiger partial charge in [-0.3, -0.25) is 14.0 Å². The molecule has 2 aromatic heterocycles. The van der Waals surface area contributed by atoms with Crippen molar-refractivity contribution in [1.82, 2.24) is 19.2 Å². The Morgan fingerprint density at radius 1 is 1.00 bits per heavy atom. The summed E-state index contributed by atoms with van der Waals surface area (Å²) in [5, 5.41) is 9.42. The minimum atomic E-state index is -0.401. The van der Waals surface area contributed by atoms with Gasteiger partial charge in [0.2, 0.25) is 5.78 Å². The molecule has 0 aliphatic heterocycles. The fourth-order valence-electron chi connectivity index (χ4n) is 4.00. The number of thioether (sulfide) groups is 1. The molecule has 0 N–H and O–H groups in total. The van der Waals surface area contributed by atoms with Crippen molar-refractivity contribution in [3.05, 3.63) is 94.3 Å². The molecule has 0 radical (unpaired) electrons. The van der Waals surface area contributed by atoms with Crippen LogP contribution in [0, 0.1) is 6.92 Å². The second-order valence-corrected chi connectivity index (χ2v) is 9.25. The number of para-hydroxylation sites is 1. The molecule has 7 nitrogen and oxygen atoms in total. The van der Waals surface area contributed by atoms with Gasteiger partial charge in [-0.15, -0.1) is 10.2 Å². The van der Waals surface area contributed by atoms with Crippen LogP contribution in [0.4, 0.5) is 0 Å². The van der Waals surface area contributed by atoms with Crippen LogP contribution >= 0.6 is 11.8 Å². The highest BCUT2D eigenvalue weighted by molar-refractivity contribution is 8.00. The lowest BCUT2D eigenvalue weighted by molar-refractivity contribution is 0.0994. The largest absolute Gasteiger partial charge is 0.495 e. The lowest BCUT2D eigenvalue weighted by atomic mass is 10.1. The number of ether oxygens (including phenoxy) is 1. The van der Waals surface area contributed by atoms with Crippen molar-refractivity contribution in [2.75, 3.05) is 7.11 Å². The Bertz CT molecular complexity index is 1590. The van der Waals surface area contributed by atoms with Crippen LogP contribution in [0.15, 0.2) is 82.7 Å². The molecule has 8 heteroatoms. The van der Waals surface area contributed by atoms with Gasteiger partial charge in [0.05, 0.1) is 29.0 Å². The van der Waals surface area contributed by atoms with Crippen LogP contribution in [0.2, 0.25) is 0 Å². The summed E-state index contributed by atoms with van der Waals surface area (Å²) in [4.78, 5) is 26.6. The maximum atomic E-state index is 13.6. The number of hydrogen-bond donors (Lipinski definition) is 0. The molecule has 0 spiro atoms. The number of aryl methyl sites for hydroxylation is 1. The number of fused-ring (bicyclic) bond motifs is 3. The molecule has 1 unspecified atom stereocenters. The van der Waals surface area contributed by atoms with Gasteiger partial charge in [0.1, 0.15) is 5.75 Å². The van der Waals surface area contributed by atoms with E-state index >= 15 is 0 Å². The zero-order valence-corrected chi connectivity index (χ0v) is 19.7. The van der Waals surface area contributed by atoms with E-state index in [1.807, 2.05) is 72.8 Å². The number of aromatic nitrogens is 4. The molecule has 5 rings (SSSR count). The van der Waals surface area contributed by atoms with Crippen molar-refractivity contribution >= 4 is 34.2 Å². The molecule has 0 aliphatic rings. The lowest BCUT2D eigenvalue weighted by Crippen LogP contribution is -2.22. The number of carbonyl (C=O) groups excluding carboxylic acids is 1. The van der Waals surface area contributed by atoms with Crippen molar-refractivity contribution in [2.45, 2.75) is 24.3 Å². The number of carbonyl (C=O) groups is 1. The summed E-state index contributed by atoms with van der Waals surface area (Å²) < 4.78 is 8.91. The highest BCUT2D eigenvalue weighted by Gasteiger charge is 2.23. The van der Waals surface area contributed by atoms with E-state index < -0.39 is 5.25 Å². The number of hydrogen-bond acceptors (Lipinski definition) is 6. The van der Waals surface area contributed by atoms with E-state index in [4.69, 9.17) is 4.74 Å². The van der Waals surface area contributed by atoms with E-state index in [0.717, 1.165) is 5.56 Å². The van der Waals surface area contributed by atoms with Gasteiger partial charge in [-0.2, -0.15) is 0 Å². The first-order chi connectivity index (χ1) is 16.5. The normalized spacial score (nSPS) is 12.2. The molecule has 0 aliphatic carbocycles. The number of methoxy groups -OCH3 is 1. The van der Waals surface area contributed by atoms with E-state index in [9.17, 15) is 9.59 Å². The first kappa shape index (κ1) is 21.9. The first-order valence-electron chi connectivity index (χ1n) is 10.8. The third kappa shape index (κ3) is 3.66. The first-order valence-corrected chi connectivity index (χ1v) is 11.7. The Hall–Kier alpha value is -3.91. The van der Waals surface area contributed by atoms with Crippen LogP contribution in [-0.2, 0) is 0 Å². The summed E-state index contributed by atoms with van der Waals surface area (Å²) in [6.07, 6.45) is 0. The van der Waals surface area contributed by atoms with Crippen LogP contribution in [0.3, 0.4) is 0 Å². The minimum absolute atomic E-state index is 0.000306. The molecule has 0 saturated heterocycles. The second-order valence-electron chi connectivity index (χ2n) is 7.94. The van der Waals surface area contributed by atoms with E-state index in [-0.39, 0.29) is 11.3 Å². The van der Waals surface area contributed by atoms with Crippen molar-refractivity contribution in [3.63, 3.8) is 0 Å². The lowest BCUT2D eigenvalue weighted by Gasteiger charge is -2.15. The quantitative estimate of drug-likeness (QED) is 0.264. The van der Waals surface area contributed by atoms with Crippen LogP contribution in [0.1, 0.15) is 22.8 Å². The maximum Gasteiger partial charge on any atom is 0.267 e. The van der Waals surface area contributed by atoms with E-state index in [2.05, 4.69) is 10.2 Å². The summed E-state index contributed by atoms with van der Waals surface area (Å²) in [7, 11) is 1.57. The average Bonchev–Trinajstić information content (AvgIpc) is 3.27. The summed E-state index contributed by atoms with van der Waals surface area (Å²) in [6.45, 7) is 3.80. The van der Waals surface area contributed by atoms with Gasteiger partial charge in [0, 0.05) is 5.56 Å². The minimum Gasteiger partial charge on any atom is -0.495 e. The molecule has 0 bridgehead atoms. The monoisotopic (exact) mass is 470 g/mol. The topological polar surface area (TPSA) is 78.5 Å². The number of nitrogens with zero attached hydrogens (tertiary/aromatic N) is 4. The average molecular weight is 471 g/mol. The number of benzene rings is 3. The van der Waals surface area contributed by atoms with Crippen molar-refractivity contribution in [3.8, 4) is 11.4 Å². The van der Waals surface area contributed by atoms with Crippen molar-refractivity contribution in [1.29, 1.82) is 0 Å². The van der Waals surface area contributed by atoms with Crippen LogP contribution in [0.25, 0.3) is 22.4 Å². The summed E-state index contributed by atoms with van der Waals surface area (Å²) in [5.74, 6) is 0.907. The molecular weight excluding hydrogens is 448 g/mol. The molecule has 0 amide bonds. The molecule has 34 heavy (non-hydrogen) atoms. The Labute approximate surface area is 200 Å². The highest BCUT2D eigenvalue weighted by atomic mass is 32.2. The van der Waals surface area contributed by atoms with Crippen LogP contribution in [0.5, 0.6) is 5.75 Å². The molecule has 0 fully saturated rings. The molecule has 3 aromatic carbocycles. The Kier molecular flexibility index (Phi) is 5.67. The summed E-state index contributed by atoms with van der Waals surface area (Å²) in [5.41, 5.74) is 2.66. The fourth-order valence-corrected chi connectivity index (χ4v) is 4.93. The van der Waals surface area contributed by atoms with Crippen LogP contribution < -0.4 is 10.3 Å². The summed E-state index contributed by atoms with van der Waals surface area (Å²) >= 11 is 1.31. The third-order valence-corrected chi connectivity index (χ3v) is 6.72. The van der Waals surface area contributed by atoms with Gasteiger partial charge in [-0.05, 0) is 43.7 Å². The molecule has 1 atom stereocenters. The van der Waals surface area contributed by atoms with Gasteiger partial charge >= 0.3 is 0 Å². The number of rotatable bonds is 6. The standard InChI is InChI=1S/C26H22N4O3S/c1-16-13-14-22(33-3)21(15-16)29-24(32)19-11-7-8-12-20(19)30-25(29)27-28-26(30)34-17(2)23(31)18-9-5-4-6-10-18/h4-15,17H,1-3H3. The Morgan fingerprint density at radius 2 is 1.74 bits per heavy atom. The Morgan fingerprint density at radius 3 is 2.50 bits per heavy atom. The van der Waals surface area contributed by atoms with Gasteiger partial charge in [-0.25, -0.2) is 4.57 Å². The predicted octanol–water partition coefficient (Wildman–Crippen LogP) is 4.71. The molecule has 0 saturated carbocycles. The van der Waals surface area contributed by atoms with E-state index in [1.54, 1.807) is 25.3 Å². The van der Waals surface area contributed by atoms with E-state index in [0.29, 0.717) is 38.8 Å². The summed E-state index contributed by atoms with van der Waals surface area (Å²) in [6, 6.07) is 22.2. The molecule has 5 aromatic rings. The third-order valence-electron chi connectivity index (χ3n) is 5.68. The van der Waals surface area contributed by atoms with Crippen molar-refractivity contribution < 1.29 is 9.53 Å². The smallest absolute Gasteiger partial charge is 0.267 e. The van der Waals surface area contributed by atoms with Gasteiger partial charge < -0.3 is 4.74 Å². The predicted molar refractivity (Wildman–Crippen MR) is 133 cm³/mol. The highest BCUT2D eigenvalue weighted by Crippen LogP contribution is 2.30. The molecular formula is C26H22N4O3S. The maximum absolute atomic E-state index is 13.6. The van der Waals surface area contributed by atoms with E-state index in [1.165, 1.54) is 16.3 Å².